The second kappa shape index (κ2) is 9.32. The summed E-state index contributed by atoms with van der Waals surface area (Å²) >= 11 is 3.08. The maximum Gasteiger partial charge on any atom is 0.255 e. The minimum atomic E-state index is -0.230. The third-order valence-electron chi connectivity index (χ3n) is 4.68. The Balaban J connectivity index is 1.57. The average molecular weight is 452 g/mol. The number of thiophene rings is 1. The Morgan fingerprint density at radius 3 is 2.71 bits per heavy atom. The molecule has 2 N–H and O–H groups in total. The lowest BCUT2D eigenvalue weighted by Crippen LogP contribution is -2.21. The fourth-order valence-electron chi connectivity index (χ4n) is 2.92. The Morgan fingerprint density at radius 1 is 1.19 bits per heavy atom. The number of carbonyl (C=O) groups excluding carboxylic acids is 1. The molecule has 0 aliphatic rings. The van der Waals surface area contributed by atoms with E-state index < -0.39 is 0 Å². The second-order valence-corrected chi connectivity index (χ2v) is 8.86. The van der Waals surface area contributed by atoms with Crippen LogP contribution in [0.5, 0.6) is 0 Å². The molecule has 0 aliphatic carbocycles. The third-order valence-corrected chi connectivity index (χ3v) is 6.57. The third kappa shape index (κ3) is 4.95. The Bertz CT molecular complexity index is 1250. The number of hydrogen-bond acceptors (Lipinski definition) is 6. The van der Waals surface area contributed by atoms with Gasteiger partial charge in [0.25, 0.3) is 5.56 Å². The molecule has 31 heavy (non-hydrogen) atoms. The van der Waals surface area contributed by atoms with Gasteiger partial charge < -0.3 is 5.32 Å². The van der Waals surface area contributed by atoms with Gasteiger partial charge in [0.2, 0.25) is 11.9 Å². The van der Waals surface area contributed by atoms with Crippen molar-refractivity contribution in [3.05, 3.63) is 81.1 Å². The van der Waals surface area contributed by atoms with E-state index >= 15 is 0 Å². The van der Waals surface area contributed by atoms with Gasteiger partial charge in [-0.1, -0.05) is 36.4 Å². The molecule has 4 aromatic rings. The van der Waals surface area contributed by atoms with E-state index in [0.717, 1.165) is 10.6 Å². The van der Waals surface area contributed by atoms with E-state index in [1.807, 2.05) is 47.8 Å². The molecule has 0 saturated carbocycles. The quantitative estimate of drug-likeness (QED) is 0.440. The number of carbonyl (C=O) groups is 1. The molecule has 0 saturated heterocycles. The van der Waals surface area contributed by atoms with Crippen molar-refractivity contribution in [3.8, 4) is 16.5 Å². The molecule has 3 heterocycles. The maximum absolute atomic E-state index is 12.6. The number of anilines is 1. The van der Waals surface area contributed by atoms with Crippen LogP contribution in [-0.4, -0.2) is 31.4 Å². The summed E-state index contributed by atoms with van der Waals surface area (Å²) < 4.78 is 1.47. The summed E-state index contributed by atoms with van der Waals surface area (Å²) in [5.41, 5.74) is 2.80. The number of nitrogens with one attached hydrogen (secondary N) is 2. The van der Waals surface area contributed by atoms with Crippen molar-refractivity contribution in [1.29, 1.82) is 0 Å². The van der Waals surface area contributed by atoms with Crippen molar-refractivity contribution in [3.63, 3.8) is 0 Å². The van der Waals surface area contributed by atoms with Crippen LogP contribution in [0, 0.1) is 13.8 Å². The molecule has 0 fully saturated rings. The van der Waals surface area contributed by atoms with Crippen LogP contribution in [0.4, 0.5) is 5.82 Å². The lowest BCUT2D eigenvalue weighted by Gasteiger charge is -2.09. The molecule has 0 bridgehead atoms. The summed E-state index contributed by atoms with van der Waals surface area (Å²) in [6.45, 7) is 3.49. The number of hydrogen-bond donors (Lipinski definition) is 2. The first-order chi connectivity index (χ1) is 15.0. The maximum atomic E-state index is 12.6. The summed E-state index contributed by atoms with van der Waals surface area (Å²) in [4.78, 5) is 33.0. The molecule has 7 nitrogen and oxygen atoms in total. The van der Waals surface area contributed by atoms with Crippen LogP contribution in [0.15, 0.2) is 58.7 Å². The highest BCUT2D eigenvalue weighted by atomic mass is 32.2. The van der Waals surface area contributed by atoms with Gasteiger partial charge in [-0.25, -0.2) is 4.98 Å². The molecule has 0 unspecified atom stereocenters. The van der Waals surface area contributed by atoms with Crippen molar-refractivity contribution in [1.82, 2.24) is 19.7 Å². The largest absolute Gasteiger partial charge is 0.310 e. The van der Waals surface area contributed by atoms with Gasteiger partial charge in [-0.05, 0) is 30.9 Å². The summed E-state index contributed by atoms with van der Waals surface area (Å²) in [6.07, 6.45) is 0. The number of aromatic amines is 1. The highest BCUT2D eigenvalue weighted by Gasteiger charge is 2.17. The molecule has 1 aromatic carbocycles. The fourth-order valence-corrected chi connectivity index (χ4v) is 4.39. The van der Waals surface area contributed by atoms with E-state index in [1.165, 1.54) is 22.0 Å². The lowest BCUT2D eigenvalue weighted by atomic mass is 10.2. The van der Waals surface area contributed by atoms with Gasteiger partial charge in [-0.2, -0.15) is 9.78 Å². The van der Waals surface area contributed by atoms with Crippen LogP contribution in [-0.2, 0) is 10.5 Å². The summed E-state index contributed by atoms with van der Waals surface area (Å²) in [6, 6.07) is 15.7. The van der Waals surface area contributed by atoms with Gasteiger partial charge >= 0.3 is 0 Å². The number of nitrogens with zero attached hydrogens (tertiary/aromatic N) is 3. The van der Waals surface area contributed by atoms with Gasteiger partial charge in [0.05, 0.1) is 10.6 Å². The van der Waals surface area contributed by atoms with E-state index in [0.29, 0.717) is 28.5 Å². The van der Waals surface area contributed by atoms with Crippen LogP contribution in [0.3, 0.4) is 0 Å². The van der Waals surface area contributed by atoms with Gasteiger partial charge in [-0.15, -0.1) is 23.1 Å². The summed E-state index contributed by atoms with van der Waals surface area (Å²) in [7, 11) is 0. The van der Waals surface area contributed by atoms with Crippen LogP contribution >= 0.6 is 23.1 Å². The first-order valence-corrected chi connectivity index (χ1v) is 11.7. The molecular formula is C22H21N5O2S2. The number of aromatic nitrogens is 4. The Labute approximate surface area is 187 Å². The Hall–Kier alpha value is -3.17. The predicted molar refractivity (Wildman–Crippen MR) is 126 cm³/mol. The van der Waals surface area contributed by atoms with E-state index in [9.17, 15) is 9.59 Å². The van der Waals surface area contributed by atoms with Crippen molar-refractivity contribution in [2.24, 2.45) is 0 Å². The highest BCUT2D eigenvalue weighted by molar-refractivity contribution is 7.99. The monoisotopic (exact) mass is 451 g/mol. The number of H-pyrrole nitrogens is 1. The molecule has 158 valence electrons. The van der Waals surface area contributed by atoms with Crippen LogP contribution in [0.2, 0.25) is 0 Å². The zero-order chi connectivity index (χ0) is 21.8. The Kier molecular flexibility index (Phi) is 6.34. The van der Waals surface area contributed by atoms with E-state index in [-0.39, 0.29) is 17.4 Å². The van der Waals surface area contributed by atoms with Crippen molar-refractivity contribution < 1.29 is 4.79 Å². The van der Waals surface area contributed by atoms with Gasteiger partial charge in [0.1, 0.15) is 11.5 Å². The van der Waals surface area contributed by atoms with Crippen LogP contribution < -0.4 is 10.9 Å². The van der Waals surface area contributed by atoms with E-state index in [2.05, 4.69) is 20.4 Å². The standard InChI is InChI=1S/C22H21N5O2S2/c1-14-15(2)23-22(25-21(14)29)27-19(11-17(26-27)18-9-6-10-31-18)24-20(28)13-30-12-16-7-4-3-5-8-16/h3-11H,12-13H2,1-2H3,(H,24,28)(H,23,25,29). The lowest BCUT2D eigenvalue weighted by molar-refractivity contribution is -0.113. The zero-order valence-electron chi connectivity index (χ0n) is 17.1. The molecular weight excluding hydrogens is 430 g/mol. The predicted octanol–water partition coefficient (Wildman–Crippen LogP) is 4.17. The van der Waals surface area contributed by atoms with Crippen LogP contribution in [0.1, 0.15) is 16.8 Å². The van der Waals surface area contributed by atoms with Gasteiger partial charge in [-0.3, -0.25) is 14.6 Å². The zero-order valence-corrected chi connectivity index (χ0v) is 18.7. The number of rotatable bonds is 7. The molecule has 4 rings (SSSR count). The minimum Gasteiger partial charge on any atom is -0.310 e. The smallest absolute Gasteiger partial charge is 0.255 e. The number of aryl methyl sites for hydroxylation is 1. The van der Waals surface area contributed by atoms with Gasteiger partial charge in [0.15, 0.2) is 0 Å². The molecule has 1 amide bonds. The number of benzene rings is 1. The fraction of sp³-hybridized carbons (Fsp3) is 0.182. The first-order valence-electron chi connectivity index (χ1n) is 9.64. The number of thioether (sulfide) groups is 1. The average Bonchev–Trinajstić information content (AvgIpc) is 3.42. The molecule has 9 heteroatoms. The minimum absolute atomic E-state index is 0.147. The molecule has 0 radical (unpaired) electrons. The number of amides is 1. The molecule has 3 aromatic heterocycles. The van der Waals surface area contributed by atoms with E-state index in [4.69, 9.17) is 0 Å². The summed E-state index contributed by atoms with van der Waals surface area (Å²) in [5, 5.41) is 9.46. The van der Waals surface area contributed by atoms with Gasteiger partial charge in [0, 0.05) is 23.1 Å². The summed E-state index contributed by atoms with van der Waals surface area (Å²) in [5.74, 6) is 1.62. The highest BCUT2D eigenvalue weighted by Crippen LogP contribution is 2.27. The van der Waals surface area contributed by atoms with Crippen molar-refractivity contribution in [2.75, 3.05) is 11.1 Å². The van der Waals surface area contributed by atoms with E-state index in [1.54, 1.807) is 31.3 Å². The normalized spacial score (nSPS) is 10.9. The van der Waals surface area contributed by atoms with Crippen molar-refractivity contribution in [2.45, 2.75) is 19.6 Å². The molecule has 0 spiro atoms. The van der Waals surface area contributed by atoms with Crippen molar-refractivity contribution >= 4 is 34.8 Å². The topological polar surface area (TPSA) is 92.7 Å². The Morgan fingerprint density at radius 2 is 2.00 bits per heavy atom. The SMILES string of the molecule is Cc1nc(-n2nc(-c3cccs3)cc2NC(=O)CSCc2ccccc2)[nH]c(=O)c1C. The van der Waals surface area contributed by atoms with Crippen LogP contribution in [0.25, 0.3) is 16.5 Å². The molecule has 0 atom stereocenters. The first kappa shape index (κ1) is 21.1. The second-order valence-electron chi connectivity index (χ2n) is 6.93. The molecule has 0 aliphatic heterocycles.